The summed E-state index contributed by atoms with van der Waals surface area (Å²) < 4.78 is 5.08. The third-order valence-corrected chi connectivity index (χ3v) is 2.21. The molecule has 0 fully saturated rings. The number of benzene rings is 1. The first kappa shape index (κ1) is 9.73. The first-order chi connectivity index (χ1) is 7.33. The molecule has 1 aromatic heterocycles. The van der Waals surface area contributed by atoms with Crippen LogP contribution >= 0.6 is 0 Å². The summed E-state index contributed by atoms with van der Waals surface area (Å²) in [7, 11) is 1.65. The first-order valence-electron chi connectivity index (χ1n) is 4.72. The lowest BCUT2D eigenvalue weighted by Gasteiger charge is -2.00. The predicted octanol–water partition coefficient (Wildman–Crippen LogP) is 1.54. The van der Waals surface area contributed by atoms with Crippen molar-refractivity contribution in [1.82, 2.24) is 9.97 Å². The summed E-state index contributed by atoms with van der Waals surface area (Å²) >= 11 is 0. The molecule has 1 aromatic carbocycles. The number of nitrogens with zero attached hydrogens (tertiary/aromatic N) is 1. The number of rotatable bonds is 3. The molecule has 3 N–H and O–H groups in total. The third kappa shape index (κ3) is 1.99. The lowest BCUT2D eigenvalue weighted by atomic mass is 10.2. The maximum atomic E-state index is 5.50. The molecule has 0 aliphatic carbocycles. The van der Waals surface area contributed by atoms with E-state index in [-0.39, 0.29) is 0 Å². The molecule has 0 aliphatic rings. The van der Waals surface area contributed by atoms with Crippen LogP contribution in [0.1, 0.15) is 5.69 Å². The molecule has 0 saturated heterocycles. The Kier molecular flexibility index (Phi) is 2.69. The van der Waals surface area contributed by atoms with Crippen molar-refractivity contribution in [2.75, 3.05) is 7.11 Å². The van der Waals surface area contributed by atoms with Crippen LogP contribution in [0.5, 0.6) is 5.75 Å². The van der Waals surface area contributed by atoms with Gasteiger partial charge in [0.25, 0.3) is 0 Å². The number of aromatic nitrogens is 2. The fraction of sp³-hybridized carbons (Fsp3) is 0.182. The molecule has 4 nitrogen and oxygen atoms in total. The van der Waals surface area contributed by atoms with Gasteiger partial charge in [-0.1, -0.05) is 0 Å². The molecule has 15 heavy (non-hydrogen) atoms. The molecule has 0 radical (unpaired) electrons. The van der Waals surface area contributed by atoms with E-state index in [0.717, 1.165) is 22.8 Å². The summed E-state index contributed by atoms with van der Waals surface area (Å²) in [5.74, 6) is 1.67. The number of aromatic amines is 1. The molecule has 4 heteroatoms. The van der Waals surface area contributed by atoms with Gasteiger partial charge in [0.1, 0.15) is 11.6 Å². The van der Waals surface area contributed by atoms with Crippen molar-refractivity contribution in [3.8, 4) is 17.1 Å². The van der Waals surface area contributed by atoms with Crippen molar-refractivity contribution < 1.29 is 4.74 Å². The van der Waals surface area contributed by atoms with E-state index in [2.05, 4.69) is 9.97 Å². The minimum Gasteiger partial charge on any atom is -0.497 e. The molecular weight excluding hydrogens is 190 g/mol. The van der Waals surface area contributed by atoms with Gasteiger partial charge < -0.3 is 15.5 Å². The lowest BCUT2D eigenvalue weighted by Crippen LogP contribution is -1.95. The van der Waals surface area contributed by atoms with Gasteiger partial charge >= 0.3 is 0 Å². The second-order valence-corrected chi connectivity index (χ2v) is 3.19. The van der Waals surface area contributed by atoms with Gasteiger partial charge in [0.05, 0.1) is 7.11 Å². The van der Waals surface area contributed by atoms with Crippen LogP contribution in [0.15, 0.2) is 30.5 Å². The molecule has 0 spiro atoms. The van der Waals surface area contributed by atoms with E-state index in [1.54, 1.807) is 13.3 Å². The standard InChI is InChI=1S/C11H13N3O/c1-15-10-4-2-8(3-5-10)11-13-7-9(6-12)14-11/h2-5,7H,6,12H2,1H3,(H,13,14). The largest absolute Gasteiger partial charge is 0.497 e. The van der Waals surface area contributed by atoms with E-state index in [9.17, 15) is 0 Å². The lowest BCUT2D eigenvalue weighted by molar-refractivity contribution is 0.415. The molecule has 0 atom stereocenters. The number of hydrogen-bond donors (Lipinski definition) is 2. The van der Waals surface area contributed by atoms with E-state index in [1.807, 2.05) is 24.3 Å². The topological polar surface area (TPSA) is 63.9 Å². The molecule has 0 bridgehead atoms. The summed E-state index contributed by atoms with van der Waals surface area (Å²) in [6, 6.07) is 7.72. The summed E-state index contributed by atoms with van der Waals surface area (Å²) in [4.78, 5) is 7.38. The van der Waals surface area contributed by atoms with E-state index >= 15 is 0 Å². The van der Waals surface area contributed by atoms with Crippen LogP contribution in [-0.2, 0) is 6.54 Å². The third-order valence-electron chi connectivity index (χ3n) is 2.21. The Morgan fingerprint density at radius 2 is 2.07 bits per heavy atom. The van der Waals surface area contributed by atoms with Gasteiger partial charge in [0, 0.05) is 24.0 Å². The number of ether oxygens (including phenoxy) is 1. The van der Waals surface area contributed by atoms with Crippen molar-refractivity contribution >= 4 is 0 Å². The second-order valence-electron chi connectivity index (χ2n) is 3.19. The van der Waals surface area contributed by atoms with Crippen LogP contribution in [0.25, 0.3) is 11.4 Å². The van der Waals surface area contributed by atoms with Crippen molar-refractivity contribution in [2.45, 2.75) is 6.54 Å². The fourth-order valence-corrected chi connectivity index (χ4v) is 1.36. The van der Waals surface area contributed by atoms with Crippen molar-refractivity contribution in [3.63, 3.8) is 0 Å². The predicted molar refractivity (Wildman–Crippen MR) is 58.5 cm³/mol. The molecule has 0 saturated carbocycles. The van der Waals surface area contributed by atoms with Gasteiger partial charge in [-0.05, 0) is 24.3 Å². The normalized spacial score (nSPS) is 10.3. The number of nitrogens with two attached hydrogens (primary N) is 1. The summed E-state index contributed by atoms with van der Waals surface area (Å²) in [5, 5.41) is 0. The Morgan fingerprint density at radius 3 is 2.60 bits per heavy atom. The Bertz CT molecular complexity index is 433. The maximum Gasteiger partial charge on any atom is 0.137 e. The van der Waals surface area contributed by atoms with Crippen LogP contribution in [0, 0.1) is 0 Å². The first-order valence-corrected chi connectivity index (χ1v) is 4.72. The van der Waals surface area contributed by atoms with Gasteiger partial charge in [0.2, 0.25) is 0 Å². The number of nitrogens with one attached hydrogen (secondary N) is 1. The zero-order valence-corrected chi connectivity index (χ0v) is 8.53. The van der Waals surface area contributed by atoms with E-state index < -0.39 is 0 Å². The van der Waals surface area contributed by atoms with Crippen LogP contribution < -0.4 is 10.5 Å². The average molecular weight is 203 g/mol. The highest BCUT2D eigenvalue weighted by atomic mass is 16.5. The number of imidazole rings is 1. The van der Waals surface area contributed by atoms with Gasteiger partial charge in [-0.3, -0.25) is 0 Å². The molecule has 0 aliphatic heterocycles. The highest BCUT2D eigenvalue weighted by Gasteiger charge is 2.02. The van der Waals surface area contributed by atoms with Crippen LogP contribution in [0.4, 0.5) is 0 Å². The van der Waals surface area contributed by atoms with Crippen LogP contribution in [-0.4, -0.2) is 17.1 Å². The minimum atomic E-state index is 0.475. The SMILES string of the molecule is COc1ccc(-c2ncc(CN)[nH]2)cc1. The maximum absolute atomic E-state index is 5.50. The minimum absolute atomic E-state index is 0.475. The molecule has 1 heterocycles. The van der Waals surface area contributed by atoms with Gasteiger partial charge in [0.15, 0.2) is 0 Å². The zero-order valence-electron chi connectivity index (χ0n) is 8.53. The molecule has 0 unspecified atom stereocenters. The van der Waals surface area contributed by atoms with Gasteiger partial charge in [-0.2, -0.15) is 0 Å². The van der Waals surface area contributed by atoms with Crippen LogP contribution in [0.2, 0.25) is 0 Å². The molecule has 0 amide bonds. The highest BCUT2D eigenvalue weighted by Crippen LogP contribution is 2.19. The van der Waals surface area contributed by atoms with Gasteiger partial charge in [-0.15, -0.1) is 0 Å². The Morgan fingerprint density at radius 1 is 1.33 bits per heavy atom. The van der Waals surface area contributed by atoms with E-state index in [1.165, 1.54) is 0 Å². The Labute approximate surface area is 88.1 Å². The average Bonchev–Trinajstić information content (AvgIpc) is 2.78. The Hall–Kier alpha value is -1.81. The van der Waals surface area contributed by atoms with Crippen molar-refractivity contribution in [2.24, 2.45) is 5.73 Å². The molecule has 78 valence electrons. The smallest absolute Gasteiger partial charge is 0.137 e. The monoisotopic (exact) mass is 203 g/mol. The van der Waals surface area contributed by atoms with E-state index in [4.69, 9.17) is 10.5 Å². The molecule has 2 aromatic rings. The number of H-pyrrole nitrogens is 1. The highest BCUT2D eigenvalue weighted by molar-refractivity contribution is 5.56. The summed E-state index contributed by atoms with van der Waals surface area (Å²) in [6.07, 6.45) is 1.75. The number of hydrogen-bond acceptors (Lipinski definition) is 3. The van der Waals surface area contributed by atoms with E-state index in [0.29, 0.717) is 6.54 Å². The van der Waals surface area contributed by atoms with Crippen molar-refractivity contribution in [1.29, 1.82) is 0 Å². The van der Waals surface area contributed by atoms with Gasteiger partial charge in [-0.25, -0.2) is 4.98 Å². The fourth-order valence-electron chi connectivity index (χ4n) is 1.36. The second kappa shape index (κ2) is 4.14. The van der Waals surface area contributed by atoms with Crippen LogP contribution in [0.3, 0.4) is 0 Å². The quantitative estimate of drug-likeness (QED) is 0.795. The Balaban J connectivity index is 2.28. The number of methoxy groups -OCH3 is 1. The summed E-state index contributed by atoms with van der Waals surface area (Å²) in [6.45, 7) is 0.475. The summed E-state index contributed by atoms with van der Waals surface area (Å²) in [5.41, 5.74) is 7.45. The molecule has 2 rings (SSSR count). The zero-order chi connectivity index (χ0) is 10.7. The van der Waals surface area contributed by atoms with Crippen molar-refractivity contribution in [3.05, 3.63) is 36.2 Å². The molecular formula is C11H13N3O.